The van der Waals surface area contributed by atoms with E-state index in [-0.39, 0.29) is 18.0 Å². The van der Waals surface area contributed by atoms with Crippen molar-refractivity contribution in [1.82, 2.24) is 5.32 Å². The lowest BCUT2D eigenvalue weighted by molar-refractivity contribution is -0.119. The van der Waals surface area contributed by atoms with Gasteiger partial charge >= 0.3 is 0 Å². The van der Waals surface area contributed by atoms with E-state index >= 15 is 0 Å². The third kappa shape index (κ3) is 6.66. The Morgan fingerprint density at radius 1 is 0.969 bits per heavy atom. The predicted octanol–water partition coefficient (Wildman–Crippen LogP) is 4.29. The van der Waals surface area contributed by atoms with Gasteiger partial charge in [-0.2, -0.15) is 0 Å². The standard InChI is InChI=1S/C24H25BrN2O4S/c1-19-7-13-23(14-8-19)32(29,30)27(22-11-9-21(25)10-12-22)17-24(28)26-15-16-31-18-20-5-3-2-4-6-20/h2-14H,15-18H2,1H3,(H,26,28). The zero-order chi connectivity index (χ0) is 23.0. The summed E-state index contributed by atoms with van der Waals surface area (Å²) in [7, 11) is -3.92. The van der Waals surface area contributed by atoms with Gasteiger partial charge in [-0.1, -0.05) is 64.0 Å². The molecule has 0 aliphatic rings. The maximum absolute atomic E-state index is 13.3. The van der Waals surface area contributed by atoms with Crippen molar-refractivity contribution in [3.63, 3.8) is 0 Å². The quantitative estimate of drug-likeness (QED) is 0.408. The SMILES string of the molecule is Cc1ccc(S(=O)(=O)N(CC(=O)NCCOCc2ccccc2)c2ccc(Br)cc2)cc1. The summed E-state index contributed by atoms with van der Waals surface area (Å²) in [5, 5.41) is 2.73. The van der Waals surface area contributed by atoms with E-state index in [4.69, 9.17) is 4.74 Å². The minimum Gasteiger partial charge on any atom is -0.375 e. The Balaban J connectivity index is 1.65. The van der Waals surface area contributed by atoms with Crippen molar-refractivity contribution in [2.24, 2.45) is 0 Å². The molecule has 0 radical (unpaired) electrons. The Labute approximate surface area is 197 Å². The summed E-state index contributed by atoms with van der Waals surface area (Å²) in [6, 6.07) is 23.1. The number of ether oxygens (including phenoxy) is 1. The molecule has 0 saturated carbocycles. The molecular weight excluding hydrogens is 492 g/mol. The number of anilines is 1. The summed E-state index contributed by atoms with van der Waals surface area (Å²) >= 11 is 3.35. The number of hydrogen-bond donors (Lipinski definition) is 1. The van der Waals surface area contributed by atoms with Gasteiger partial charge < -0.3 is 10.1 Å². The van der Waals surface area contributed by atoms with E-state index < -0.39 is 15.9 Å². The first-order chi connectivity index (χ1) is 15.4. The molecule has 0 heterocycles. The van der Waals surface area contributed by atoms with E-state index in [1.165, 1.54) is 0 Å². The number of sulfonamides is 1. The van der Waals surface area contributed by atoms with E-state index in [1.54, 1.807) is 48.5 Å². The molecule has 8 heteroatoms. The van der Waals surface area contributed by atoms with Crippen LogP contribution in [-0.4, -0.2) is 34.0 Å². The van der Waals surface area contributed by atoms with Crippen molar-refractivity contribution in [3.05, 3.63) is 94.5 Å². The highest BCUT2D eigenvalue weighted by Crippen LogP contribution is 2.25. The van der Waals surface area contributed by atoms with E-state index in [0.29, 0.717) is 18.9 Å². The van der Waals surface area contributed by atoms with Crippen molar-refractivity contribution < 1.29 is 17.9 Å². The van der Waals surface area contributed by atoms with Crippen molar-refractivity contribution in [3.8, 4) is 0 Å². The van der Waals surface area contributed by atoms with Gasteiger partial charge in [-0.3, -0.25) is 9.10 Å². The van der Waals surface area contributed by atoms with Gasteiger partial charge in [0.15, 0.2) is 0 Å². The largest absolute Gasteiger partial charge is 0.375 e. The van der Waals surface area contributed by atoms with Gasteiger partial charge in [-0.05, 0) is 48.9 Å². The first-order valence-electron chi connectivity index (χ1n) is 10.1. The number of rotatable bonds is 10. The Morgan fingerprint density at radius 3 is 2.28 bits per heavy atom. The molecule has 32 heavy (non-hydrogen) atoms. The molecule has 0 atom stereocenters. The number of nitrogens with zero attached hydrogens (tertiary/aromatic N) is 1. The summed E-state index contributed by atoms with van der Waals surface area (Å²) in [6.07, 6.45) is 0. The van der Waals surface area contributed by atoms with Crippen LogP contribution in [0.1, 0.15) is 11.1 Å². The number of nitrogens with one attached hydrogen (secondary N) is 1. The second kappa shape index (κ2) is 11.3. The zero-order valence-corrected chi connectivity index (χ0v) is 20.1. The zero-order valence-electron chi connectivity index (χ0n) is 17.7. The third-order valence-electron chi connectivity index (χ3n) is 4.69. The molecule has 0 aliphatic carbocycles. The number of benzene rings is 3. The van der Waals surface area contributed by atoms with Crippen molar-refractivity contribution in [2.75, 3.05) is 24.0 Å². The summed E-state index contributed by atoms with van der Waals surface area (Å²) in [4.78, 5) is 12.7. The average molecular weight is 517 g/mol. The number of aryl methyl sites for hydroxylation is 1. The van der Waals surface area contributed by atoms with Gasteiger partial charge in [-0.25, -0.2) is 8.42 Å². The van der Waals surface area contributed by atoms with Crippen molar-refractivity contribution in [1.29, 1.82) is 0 Å². The summed E-state index contributed by atoms with van der Waals surface area (Å²) in [5.41, 5.74) is 2.40. The highest BCUT2D eigenvalue weighted by atomic mass is 79.9. The number of carbonyl (C=O) groups excluding carboxylic acids is 1. The lowest BCUT2D eigenvalue weighted by Crippen LogP contribution is -2.41. The molecule has 0 unspecified atom stereocenters. The third-order valence-corrected chi connectivity index (χ3v) is 7.01. The first-order valence-corrected chi connectivity index (χ1v) is 12.3. The second-order valence-electron chi connectivity index (χ2n) is 7.19. The van der Waals surface area contributed by atoms with Gasteiger partial charge in [0.1, 0.15) is 6.54 Å². The van der Waals surface area contributed by atoms with Crippen LogP contribution < -0.4 is 9.62 Å². The highest BCUT2D eigenvalue weighted by molar-refractivity contribution is 9.10. The molecule has 0 saturated heterocycles. The molecule has 3 aromatic carbocycles. The fraction of sp³-hybridized carbons (Fsp3) is 0.208. The van der Waals surface area contributed by atoms with E-state index in [1.807, 2.05) is 37.3 Å². The fourth-order valence-corrected chi connectivity index (χ4v) is 4.66. The van der Waals surface area contributed by atoms with Crippen molar-refractivity contribution >= 4 is 37.5 Å². The van der Waals surface area contributed by atoms with E-state index in [2.05, 4.69) is 21.2 Å². The number of hydrogen-bond acceptors (Lipinski definition) is 4. The molecule has 0 bridgehead atoms. The molecular formula is C24H25BrN2O4S. The molecule has 1 N–H and O–H groups in total. The molecule has 3 rings (SSSR count). The van der Waals surface area contributed by atoms with Crippen molar-refractivity contribution in [2.45, 2.75) is 18.4 Å². The van der Waals surface area contributed by atoms with Crippen LogP contribution in [0.3, 0.4) is 0 Å². The lowest BCUT2D eigenvalue weighted by Gasteiger charge is -2.24. The minimum atomic E-state index is -3.92. The average Bonchev–Trinajstić information content (AvgIpc) is 2.79. The molecule has 0 spiro atoms. The molecule has 168 valence electrons. The molecule has 6 nitrogen and oxygen atoms in total. The Kier molecular flexibility index (Phi) is 8.44. The molecule has 1 amide bonds. The topological polar surface area (TPSA) is 75.7 Å². The Morgan fingerprint density at radius 2 is 1.62 bits per heavy atom. The van der Waals surface area contributed by atoms with Crippen LogP contribution in [0.25, 0.3) is 0 Å². The number of halogens is 1. The van der Waals surface area contributed by atoms with E-state index in [0.717, 1.165) is 19.9 Å². The van der Waals surface area contributed by atoms with Gasteiger partial charge in [0, 0.05) is 11.0 Å². The normalized spacial score (nSPS) is 11.2. The minimum absolute atomic E-state index is 0.130. The lowest BCUT2D eigenvalue weighted by atomic mass is 10.2. The van der Waals surface area contributed by atoms with Gasteiger partial charge in [0.05, 0.1) is 23.8 Å². The van der Waals surface area contributed by atoms with Crippen LogP contribution in [0.5, 0.6) is 0 Å². The molecule has 0 fully saturated rings. The van der Waals surface area contributed by atoms with Crippen LogP contribution in [0.4, 0.5) is 5.69 Å². The maximum Gasteiger partial charge on any atom is 0.264 e. The first kappa shape index (κ1) is 24.0. The van der Waals surface area contributed by atoms with Crippen LogP contribution in [0.2, 0.25) is 0 Å². The maximum atomic E-state index is 13.3. The number of carbonyl (C=O) groups is 1. The predicted molar refractivity (Wildman–Crippen MR) is 129 cm³/mol. The fourth-order valence-electron chi connectivity index (χ4n) is 2.97. The highest BCUT2D eigenvalue weighted by Gasteiger charge is 2.27. The Bertz CT molecular complexity index is 1120. The van der Waals surface area contributed by atoms with Crippen LogP contribution in [0.15, 0.2) is 88.2 Å². The molecule has 0 aliphatic heterocycles. The smallest absolute Gasteiger partial charge is 0.264 e. The van der Waals surface area contributed by atoms with Crippen LogP contribution in [-0.2, 0) is 26.2 Å². The summed E-state index contributed by atoms with van der Waals surface area (Å²) < 4.78 is 34.1. The molecule has 0 aromatic heterocycles. The van der Waals surface area contributed by atoms with Gasteiger partial charge in [-0.15, -0.1) is 0 Å². The second-order valence-corrected chi connectivity index (χ2v) is 9.97. The number of amides is 1. The monoisotopic (exact) mass is 516 g/mol. The van der Waals surface area contributed by atoms with Gasteiger partial charge in [0.2, 0.25) is 5.91 Å². The van der Waals surface area contributed by atoms with Crippen LogP contribution in [0, 0.1) is 6.92 Å². The molecule has 3 aromatic rings. The van der Waals surface area contributed by atoms with E-state index in [9.17, 15) is 13.2 Å². The Hall–Kier alpha value is -2.68. The van der Waals surface area contributed by atoms with Crippen LogP contribution >= 0.6 is 15.9 Å². The summed E-state index contributed by atoms with van der Waals surface area (Å²) in [6.45, 7) is 2.60. The van der Waals surface area contributed by atoms with Gasteiger partial charge in [0.25, 0.3) is 10.0 Å². The summed E-state index contributed by atoms with van der Waals surface area (Å²) in [5.74, 6) is -0.410.